The maximum Gasteiger partial charge on any atom is 0.225 e. The maximum absolute atomic E-state index is 4.92. The molecule has 0 atom stereocenters. The minimum atomic E-state index is 0. The lowest BCUT2D eigenvalue weighted by atomic mass is 10.1. The zero-order chi connectivity index (χ0) is 21.5. The summed E-state index contributed by atoms with van der Waals surface area (Å²) in [4.78, 5) is 22.5. The molecule has 1 fully saturated rings. The predicted molar refractivity (Wildman–Crippen MR) is 139 cm³/mol. The Morgan fingerprint density at radius 3 is 2.44 bits per heavy atom. The Balaban J connectivity index is 0.00000289. The van der Waals surface area contributed by atoms with Gasteiger partial charge in [0.25, 0.3) is 0 Å². The van der Waals surface area contributed by atoms with Gasteiger partial charge in [-0.2, -0.15) is 0 Å². The molecule has 9 heteroatoms. The normalized spacial score (nSPS) is 14.2. The predicted octanol–water partition coefficient (Wildman–Crippen LogP) is 2.94. The van der Waals surface area contributed by atoms with Crippen molar-refractivity contribution in [2.45, 2.75) is 26.9 Å². The highest BCUT2D eigenvalue weighted by Crippen LogP contribution is 2.12. The van der Waals surface area contributed by atoms with Gasteiger partial charge in [-0.15, -0.1) is 24.0 Å². The number of piperazine rings is 1. The van der Waals surface area contributed by atoms with Crippen LogP contribution in [0.4, 0.5) is 5.95 Å². The second kappa shape index (κ2) is 11.8. The molecular weight excluding hydrogens is 515 g/mol. The zero-order valence-electron chi connectivity index (χ0n) is 18.7. The van der Waals surface area contributed by atoms with Gasteiger partial charge in [-0.1, -0.05) is 24.3 Å². The van der Waals surface area contributed by atoms with E-state index in [-0.39, 0.29) is 24.0 Å². The van der Waals surface area contributed by atoms with Crippen LogP contribution in [0, 0.1) is 6.92 Å². The summed E-state index contributed by atoms with van der Waals surface area (Å²) in [7, 11) is 0. The molecule has 1 saturated heterocycles. The van der Waals surface area contributed by atoms with Gasteiger partial charge in [0.2, 0.25) is 5.95 Å². The first kappa shape index (κ1) is 24.0. The highest BCUT2D eigenvalue weighted by Gasteiger charge is 2.21. The smallest absolute Gasteiger partial charge is 0.225 e. The van der Waals surface area contributed by atoms with E-state index in [1.807, 2.05) is 25.4 Å². The number of halogens is 1. The van der Waals surface area contributed by atoms with Crippen molar-refractivity contribution in [2.75, 3.05) is 37.6 Å². The van der Waals surface area contributed by atoms with Gasteiger partial charge in [0, 0.05) is 64.1 Å². The lowest BCUT2D eigenvalue weighted by molar-refractivity contribution is 0.370. The summed E-state index contributed by atoms with van der Waals surface area (Å²) in [6.07, 6.45) is 7.45. The van der Waals surface area contributed by atoms with Crippen LogP contribution in [0.15, 0.2) is 60.1 Å². The van der Waals surface area contributed by atoms with E-state index in [1.165, 1.54) is 11.1 Å². The minimum Gasteiger partial charge on any atom is -0.357 e. The zero-order valence-corrected chi connectivity index (χ0v) is 21.0. The summed E-state index contributed by atoms with van der Waals surface area (Å²) < 4.78 is 2.16. The van der Waals surface area contributed by atoms with Gasteiger partial charge >= 0.3 is 0 Å². The van der Waals surface area contributed by atoms with E-state index in [1.54, 1.807) is 12.4 Å². The van der Waals surface area contributed by atoms with E-state index in [4.69, 9.17) is 4.99 Å². The van der Waals surface area contributed by atoms with E-state index < -0.39 is 0 Å². The average Bonchev–Trinajstić information content (AvgIpc) is 3.22. The van der Waals surface area contributed by atoms with E-state index in [9.17, 15) is 0 Å². The number of benzene rings is 1. The number of aromatic nitrogens is 4. The van der Waals surface area contributed by atoms with E-state index in [0.717, 1.165) is 57.0 Å². The molecule has 0 spiro atoms. The molecule has 170 valence electrons. The van der Waals surface area contributed by atoms with Crippen molar-refractivity contribution in [1.29, 1.82) is 0 Å². The molecule has 0 aliphatic carbocycles. The quantitative estimate of drug-likeness (QED) is 0.291. The number of aryl methyl sites for hydroxylation is 1. The van der Waals surface area contributed by atoms with Crippen molar-refractivity contribution in [3.05, 3.63) is 72.1 Å². The Morgan fingerprint density at radius 1 is 1.00 bits per heavy atom. The topological polar surface area (TPSA) is 74.5 Å². The number of guanidine groups is 1. The third kappa shape index (κ3) is 6.18. The average molecular weight is 546 g/mol. The minimum absolute atomic E-state index is 0. The first-order valence-corrected chi connectivity index (χ1v) is 10.8. The molecule has 0 bridgehead atoms. The Labute approximate surface area is 206 Å². The van der Waals surface area contributed by atoms with Gasteiger partial charge < -0.3 is 19.7 Å². The number of aliphatic imine (C=N–C) groups is 1. The summed E-state index contributed by atoms with van der Waals surface area (Å²) in [5, 5.41) is 3.45. The molecule has 8 nitrogen and oxygen atoms in total. The Hall–Kier alpha value is -2.69. The van der Waals surface area contributed by atoms with Gasteiger partial charge in [0.05, 0.1) is 6.54 Å². The first-order valence-electron chi connectivity index (χ1n) is 10.8. The maximum atomic E-state index is 4.92. The summed E-state index contributed by atoms with van der Waals surface area (Å²) in [6, 6.07) is 10.5. The second-order valence-corrected chi connectivity index (χ2v) is 7.62. The summed E-state index contributed by atoms with van der Waals surface area (Å²) >= 11 is 0. The Bertz CT molecular complexity index is 996. The molecule has 3 heterocycles. The lowest BCUT2D eigenvalue weighted by Crippen LogP contribution is -2.52. The number of imidazole rings is 1. The molecule has 0 saturated carbocycles. The van der Waals surface area contributed by atoms with Crippen LogP contribution in [0.2, 0.25) is 0 Å². The molecule has 1 aliphatic heterocycles. The van der Waals surface area contributed by atoms with Crippen molar-refractivity contribution in [1.82, 2.24) is 29.7 Å². The number of nitrogens with one attached hydrogen (secondary N) is 1. The molecule has 3 aromatic rings. The number of anilines is 1. The van der Waals surface area contributed by atoms with Crippen molar-refractivity contribution in [2.24, 2.45) is 4.99 Å². The van der Waals surface area contributed by atoms with Gasteiger partial charge in [-0.25, -0.2) is 19.9 Å². The first-order chi connectivity index (χ1) is 15.2. The molecule has 1 N–H and O–H groups in total. The number of rotatable bonds is 6. The van der Waals surface area contributed by atoms with Gasteiger partial charge in [-0.05, 0) is 31.0 Å². The van der Waals surface area contributed by atoms with Crippen molar-refractivity contribution >= 4 is 35.9 Å². The van der Waals surface area contributed by atoms with E-state index >= 15 is 0 Å². The fourth-order valence-corrected chi connectivity index (χ4v) is 3.76. The Kier molecular flexibility index (Phi) is 8.83. The Morgan fingerprint density at radius 2 is 1.75 bits per heavy atom. The van der Waals surface area contributed by atoms with Crippen LogP contribution in [0.1, 0.15) is 23.9 Å². The molecule has 1 aromatic carbocycles. The third-order valence-electron chi connectivity index (χ3n) is 5.43. The van der Waals surface area contributed by atoms with E-state index in [0.29, 0.717) is 6.54 Å². The molecular formula is C23H31IN8. The summed E-state index contributed by atoms with van der Waals surface area (Å²) in [5.41, 5.74) is 2.47. The van der Waals surface area contributed by atoms with Crippen molar-refractivity contribution in [3.63, 3.8) is 0 Å². The summed E-state index contributed by atoms with van der Waals surface area (Å²) in [6.45, 7) is 10.0. The van der Waals surface area contributed by atoms with Crippen LogP contribution < -0.4 is 10.2 Å². The monoisotopic (exact) mass is 546 g/mol. The molecule has 32 heavy (non-hydrogen) atoms. The standard InChI is InChI=1S/C23H30N8.HI/c1-3-24-22(29-12-14-30(15-13-29)23-26-8-5-9-27-23)28-17-20-6-4-7-21(16-20)18-31-11-10-25-19(31)2;/h4-11,16H,3,12-15,17-18H2,1-2H3,(H,24,28);1H. The van der Waals surface area contributed by atoms with E-state index in [2.05, 4.69) is 65.8 Å². The van der Waals surface area contributed by atoms with Crippen molar-refractivity contribution < 1.29 is 0 Å². The largest absolute Gasteiger partial charge is 0.357 e. The van der Waals surface area contributed by atoms with Gasteiger partial charge in [0.1, 0.15) is 5.82 Å². The lowest BCUT2D eigenvalue weighted by Gasteiger charge is -2.36. The van der Waals surface area contributed by atoms with Gasteiger partial charge in [0.15, 0.2) is 5.96 Å². The molecule has 2 aromatic heterocycles. The van der Waals surface area contributed by atoms with Crippen LogP contribution in [0.3, 0.4) is 0 Å². The molecule has 0 unspecified atom stereocenters. The van der Waals surface area contributed by atoms with Crippen LogP contribution in [0.5, 0.6) is 0 Å². The highest BCUT2D eigenvalue weighted by atomic mass is 127. The fraction of sp³-hybridized carbons (Fsp3) is 0.391. The van der Waals surface area contributed by atoms with Gasteiger partial charge in [-0.3, -0.25) is 0 Å². The third-order valence-corrected chi connectivity index (χ3v) is 5.43. The molecule has 4 rings (SSSR count). The molecule has 1 aliphatic rings. The van der Waals surface area contributed by atoms with Crippen LogP contribution in [-0.4, -0.2) is 63.1 Å². The molecule has 0 radical (unpaired) electrons. The number of hydrogen-bond acceptors (Lipinski definition) is 5. The summed E-state index contributed by atoms with van der Waals surface area (Å²) in [5.74, 6) is 2.79. The number of nitrogens with zero attached hydrogens (tertiary/aromatic N) is 7. The van der Waals surface area contributed by atoms with Crippen molar-refractivity contribution in [3.8, 4) is 0 Å². The molecule has 0 amide bonds. The number of hydrogen-bond donors (Lipinski definition) is 1. The van der Waals surface area contributed by atoms with Crippen LogP contribution >= 0.6 is 24.0 Å². The highest BCUT2D eigenvalue weighted by molar-refractivity contribution is 14.0. The van der Waals surface area contributed by atoms with Crippen LogP contribution in [0.25, 0.3) is 0 Å². The fourth-order valence-electron chi connectivity index (χ4n) is 3.76. The van der Waals surface area contributed by atoms with Crippen LogP contribution in [-0.2, 0) is 13.1 Å². The SMILES string of the molecule is CCNC(=NCc1cccc(Cn2ccnc2C)c1)N1CCN(c2ncccn2)CC1.I. The second-order valence-electron chi connectivity index (χ2n) is 7.62.